The third-order valence-corrected chi connectivity index (χ3v) is 4.36. The summed E-state index contributed by atoms with van der Waals surface area (Å²) in [6, 6.07) is 6.11. The largest absolute Gasteiger partial charge is 0.260 e. The molecule has 0 spiro atoms. The van der Waals surface area contributed by atoms with Gasteiger partial charge in [-0.3, -0.25) is 4.98 Å². The number of aromatic nitrogens is 1. The maximum atomic E-state index is 6.40. The number of hydrogen-bond donors (Lipinski definition) is 0. The molecule has 1 heterocycles. The predicted molar refractivity (Wildman–Crippen MR) is 80.4 cm³/mol. The molecule has 0 saturated carbocycles. The van der Waals surface area contributed by atoms with E-state index < -0.39 is 0 Å². The zero-order valence-electron chi connectivity index (χ0n) is 11.0. The van der Waals surface area contributed by atoms with Crippen molar-refractivity contribution in [3.63, 3.8) is 0 Å². The number of hydrogen-bond acceptors (Lipinski definition) is 1. The lowest BCUT2D eigenvalue weighted by atomic mass is 9.93. The Morgan fingerprint density at radius 2 is 1.84 bits per heavy atom. The van der Waals surface area contributed by atoms with Gasteiger partial charge in [-0.25, -0.2) is 0 Å². The molecule has 3 rings (SSSR count). The van der Waals surface area contributed by atoms with Crippen LogP contribution in [-0.2, 0) is 12.8 Å². The molecule has 1 unspecified atom stereocenters. The predicted octanol–water partition coefficient (Wildman–Crippen LogP) is 4.95. The molecule has 1 aliphatic rings. The minimum Gasteiger partial charge on any atom is -0.260 e. The van der Waals surface area contributed by atoms with Crippen molar-refractivity contribution in [2.45, 2.75) is 32.6 Å². The normalized spacial score (nSPS) is 17.6. The first kappa shape index (κ1) is 13.0. The molecule has 2 aromatic rings. The van der Waals surface area contributed by atoms with Crippen molar-refractivity contribution >= 4 is 23.2 Å². The molecule has 1 aliphatic carbocycles. The Morgan fingerprint density at radius 3 is 2.63 bits per heavy atom. The van der Waals surface area contributed by atoms with Crippen LogP contribution in [0.15, 0.2) is 24.4 Å². The lowest BCUT2D eigenvalue weighted by Crippen LogP contribution is -2.03. The third kappa shape index (κ3) is 2.26. The summed E-state index contributed by atoms with van der Waals surface area (Å²) in [5.74, 6) is 0.220. The van der Waals surface area contributed by atoms with Crippen LogP contribution in [0.1, 0.15) is 40.8 Å². The Balaban J connectivity index is 2.20. The SMILES string of the molecule is Cc1cnc2c(c1)CCc1cc(Cl)cc(Cl)c1C2C. The number of benzene rings is 1. The minimum atomic E-state index is 0.220. The monoisotopic (exact) mass is 291 g/mol. The summed E-state index contributed by atoms with van der Waals surface area (Å²) in [6.07, 6.45) is 3.90. The fourth-order valence-corrected chi connectivity index (χ4v) is 3.67. The fraction of sp³-hybridized carbons (Fsp3) is 0.312. The number of halogens is 2. The van der Waals surface area contributed by atoms with Gasteiger partial charge in [-0.1, -0.05) is 36.2 Å². The molecule has 0 radical (unpaired) electrons. The standard InChI is InChI=1S/C16H15Cl2N/c1-9-5-12-4-3-11-6-13(17)7-14(18)15(11)10(2)16(12)19-8-9/h5-8,10H,3-4H2,1-2H3. The maximum Gasteiger partial charge on any atom is 0.0508 e. The molecule has 0 saturated heterocycles. The highest BCUT2D eigenvalue weighted by Crippen LogP contribution is 2.38. The van der Waals surface area contributed by atoms with Gasteiger partial charge in [-0.05, 0) is 54.2 Å². The summed E-state index contributed by atoms with van der Waals surface area (Å²) in [5, 5.41) is 1.47. The highest BCUT2D eigenvalue weighted by molar-refractivity contribution is 6.35. The Labute approximate surface area is 123 Å². The highest BCUT2D eigenvalue weighted by atomic mass is 35.5. The Morgan fingerprint density at radius 1 is 1.11 bits per heavy atom. The van der Waals surface area contributed by atoms with Crippen LogP contribution in [0.2, 0.25) is 10.0 Å². The molecule has 3 heteroatoms. The average Bonchev–Trinajstić information content (AvgIpc) is 2.47. The molecule has 0 aliphatic heterocycles. The second-order valence-electron chi connectivity index (χ2n) is 5.24. The van der Waals surface area contributed by atoms with E-state index in [4.69, 9.17) is 23.2 Å². The Kier molecular flexibility index (Phi) is 3.28. The fourth-order valence-electron chi connectivity index (χ4n) is 2.97. The molecule has 0 fully saturated rings. The average molecular weight is 292 g/mol. The topological polar surface area (TPSA) is 12.9 Å². The number of nitrogens with zero attached hydrogens (tertiary/aromatic N) is 1. The van der Waals surface area contributed by atoms with E-state index in [-0.39, 0.29) is 5.92 Å². The number of rotatable bonds is 0. The van der Waals surface area contributed by atoms with Gasteiger partial charge in [0.05, 0.1) is 5.69 Å². The van der Waals surface area contributed by atoms with Crippen LogP contribution in [0, 0.1) is 6.92 Å². The molecule has 1 aromatic heterocycles. The third-order valence-electron chi connectivity index (χ3n) is 3.83. The van der Waals surface area contributed by atoms with E-state index in [0.29, 0.717) is 5.02 Å². The highest BCUT2D eigenvalue weighted by Gasteiger charge is 2.24. The smallest absolute Gasteiger partial charge is 0.0508 e. The number of fused-ring (bicyclic) bond motifs is 2. The Hall–Kier alpha value is -1.05. The first-order valence-corrected chi connectivity index (χ1v) is 7.25. The zero-order valence-corrected chi connectivity index (χ0v) is 12.5. The first-order chi connectivity index (χ1) is 9.06. The summed E-state index contributed by atoms with van der Waals surface area (Å²) in [7, 11) is 0. The van der Waals surface area contributed by atoms with Gasteiger partial charge in [-0.2, -0.15) is 0 Å². The lowest BCUT2D eigenvalue weighted by molar-refractivity contribution is 0.857. The van der Waals surface area contributed by atoms with Crippen LogP contribution in [0.4, 0.5) is 0 Å². The number of aryl methyl sites for hydroxylation is 3. The van der Waals surface area contributed by atoms with Crippen LogP contribution in [0.5, 0.6) is 0 Å². The van der Waals surface area contributed by atoms with E-state index in [1.165, 1.54) is 22.3 Å². The van der Waals surface area contributed by atoms with Crippen molar-refractivity contribution in [3.05, 3.63) is 62.4 Å². The van der Waals surface area contributed by atoms with Gasteiger partial charge in [0.1, 0.15) is 0 Å². The second kappa shape index (κ2) is 4.81. The quantitative estimate of drug-likeness (QED) is 0.669. The van der Waals surface area contributed by atoms with Gasteiger partial charge in [0.15, 0.2) is 0 Å². The van der Waals surface area contributed by atoms with Crippen molar-refractivity contribution in [1.29, 1.82) is 0 Å². The van der Waals surface area contributed by atoms with E-state index in [0.717, 1.165) is 23.6 Å². The van der Waals surface area contributed by atoms with Gasteiger partial charge in [0.2, 0.25) is 0 Å². The van der Waals surface area contributed by atoms with E-state index >= 15 is 0 Å². The molecule has 1 nitrogen and oxygen atoms in total. The van der Waals surface area contributed by atoms with Crippen LogP contribution >= 0.6 is 23.2 Å². The van der Waals surface area contributed by atoms with Gasteiger partial charge in [0, 0.05) is 22.2 Å². The molecule has 0 N–H and O–H groups in total. The van der Waals surface area contributed by atoms with Crippen LogP contribution in [0.3, 0.4) is 0 Å². The summed E-state index contributed by atoms with van der Waals surface area (Å²) >= 11 is 12.5. The molecule has 0 amide bonds. The van der Waals surface area contributed by atoms with Gasteiger partial charge >= 0.3 is 0 Å². The van der Waals surface area contributed by atoms with E-state index in [9.17, 15) is 0 Å². The van der Waals surface area contributed by atoms with Crippen LogP contribution in [0.25, 0.3) is 0 Å². The molecular weight excluding hydrogens is 277 g/mol. The lowest BCUT2D eigenvalue weighted by Gasteiger charge is -2.16. The molecule has 19 heavy (non-hydrogen) atoms. The Bertz CT molecular complexity index is 649. The van der Waals surface area contributed by atoms with Crippen molar-refractivity contribution in [2.24, 2.45) is 0 Å². The summed E-state index contributed by atoms with van der Waals surface area (Å²) in [4.78, 5) is 4.63. The van der Waals surface area contributed by atoms with Crippen LogP contribution in [-0.4, -0.2) is 4.98 Å². The van der Waals surface area contributed by atoms with Gasteiger partial charge in [-0.15, -0.1) is 0 Å². The van der Waals surface area contributed by atoms with E-state index in [1.54, 1.807) is 0 Å². The van der Waals surface area contributed by atoms with Gasteiger partial charge in [0.25, 0.3) is 0 Å². The van der Waals surface area contributed by atoms with Gasteiger partial charge < -0.3 is 0 Å². The molecule has 0 bridgehead atoms. The number of pyridine rings is 1. The molecule has 1 aromatic carbocycles. The van der Waals surface area contributed by atoms with Crippen molar-refractivity contribution in [3.8, 4) is 0 Å². The minimum absolute atomic E-state index is 0.220. The first-order valence-electron chi connectivity index (χ1n) is 6.49. The summed E-state index contributed by atoms with van der Waals surface area (Å²) in [6.45, 7) is 4.25. The van der Waals surface area contributed by atoms with Crippen molar-refractivity contribution in [2.75, 3.05) is 0 Å². The molecule has 1 atom stereocenters. The summed E-state index contributed by atoms with van der Waals surface area (Å²) < 4.78 is 0. The zero-order chi connectivity index (χ0) is 13.6. The molecular formula is C16H15Cl2N. The maximum absolute atomic E-state index is 6.40. The summed E-state index contributed by atoms with van der Waals surface area (Å²) in [5.41, 5.74) is 6.12. The van der Waals surface area contributed by atoms with Crippen molar-refractivity contribution < 1.29 is 0 Å². The molecule has 98 valence electrons. The van der Waals surface area contributed by atoms with Crippen LogP contribution < -0.4 is 0 Å². The second-order valence-corrected chi connectivity index (χ2v) is 6.08. The van der Waals surface area contributed by atoms with E-state index in [2.05, 4.69) is 24.9 Å². The van der Waals surface area contributed by atoms with E-state index in [1.807, 2.05) is 18.3 Å². The van der Waals surface area contributed by atoms with Crippen molar-refractivity contribution in [1.82, 2.24) is 4.98 Å².